The fourth-order valence-corrected chi connectivity index (χ4v) is 14.3. The molecule has 0 radical (unpaired) electrons. The Kier molecular flexibility index (Phi) is 24.9. The molecule has 0 saturated heterocycles. The minimum absolute atomic E-state index is 0.00906. The quantitative estimate of drug-likeness (QED) is 0.102. The number of allylic oxidation sites excluding steroid dienone is 23. The van der Waals surface area contributed by atoms with Gasteiger partial charge in [-0.3, -0.25) is 14.5 Å². The van der Waals surface area contributed by atoms with Gasteiger partial charge in [0.15, 0.2) is 17.1 Å². The average Bonchev–Trinajstić information content (AvgIpc) is 1.54. The van der Waals surface area contributed by atoms with Crippen molar-refractivity contribution in [2.75, 3.05) is 0 Å². The van der Waals surface area contributed by atoms with E-state index in [9.17, 15) is 116 Å². The van der Waals surface area contributed by atoms with E-state index in [1.165, 1.54) is 42.5 Å². The van der Waals surface area contributed by atoms with Crippen molar-refractivity contribution in [2.24, 2.45) is 0 Å². The first-order chi connectivity index (χ1) is 63.3. The van der Waals surface area contributed by atoms with Gasteiger partial charge in [-0.15, -0.1) is 26.3 Å². The number of alkyl halides is 6. The molecule has 8 aliphatic carbocycles. The number of nitriles is 17. The van der Waals surface area contributed by atoms with E-state index in [0.29, 0.717) is 0 Å². The molecule has 0 N–H and O–H groups in total. The van der Waals surface area contributed by atoms with E-state index in [-0.39, 0.29) is 117 Å². The van der Waals surface area contributed by atoms with Gasteiger partial charge < -0.3 is 9.47 Å². The molecule has 0 spiro atoms. The van der Waals surface area contributed by atoms with Gasteiger partial charge in [0.05, 0.1) is 216 Å². The van der Waals surface area contributed by atoms with Crippen molar-refractivity contribution in [2.45, 2.75) is 12.7 Å². The first kappa shape index (κ1) is 91.3. The zero-order valence-electron chi connectivity index (χ0n) is 63.5. The Bertz CT molecular complexity index is 8060. The minimum atomic E-state index is -5.37. The van der Waals surface area contributed by atoms with E-state index in [4.69, 9.17) is 98.6 Å². The topological polar surface area (TPSA) is 488 Å². The molecule has 12 rings (SSSR count). The van der Waals surface area contributed by atoms with Crippen LogP contribution in [0, 0.1) is 303 Å². The summed E-state index contributed by atoms with van der Waals surface area (Å²) in [5, 5.41) is 162. The summed E-state index contributed by atoms with van der Waals surface area (Å²) in [6, 6.07) is 32.5. The van der Waals surface area contributed by atoms with Crippen LogP contribution in [0.25, 0.3) is 162 Å². The molecule has 0 saturated carbocycles. The maximum atomic E-state index is 15.8. The Morgan fingerprint density at radius 2 is 0.492 bits per heavy atom. The summed E-state index contributed by atoms with van der Waals surface area (Å²) in [5.74, 6) is -5.11. The lowest BCUT2D eigenvalue weighted by molar-refractivity contribution is -0.303. The Balaban J connectivity index is 0.000000198. The maximum absolute atomic E-state index is 15.8. The van der Waals surface area contributed by atoms with Crippen molar-refractivity contribution >= 4 is 89.7 Å². The van der Waals surface area contributed by atoms with Crippen LogP contribution in [-0.2, 0) is 9.47 Å². The van der Waals surface area contributed by atoms with Crippen LogP contribution in [0.5, 0.6) is 0 Å². The fraction of sp³-hybridized carbons (Fsp3) is 0.0222. The monoisotopic (exact) mass is 1720 g/mol. The Labute approximate surface area is 734 Å². The van der Waals surface area contributed by atoms with Crippen LogP contribution in [0.3, 0.4) is 0 Å². The summed E-state index contributed by atoms with van der Waals surface area (Å²) in [5.41, 5.74) is -20.4. The summed E-state index contributed by atoms with van der Waals surface area (Å²) >= 11 is 0. The molecule has 592 valence electrons. The van der Waals surface area contributed by atoms with Crippen LogP contribution >= 0.6 is 0 Å². The average molecular weight is 1720 g/mol. The highest BCUT2D eigenvalue weighted by atomic mass is 19.4. The second-order valence-electron chi connectivity index (χ2n) is 24.5. The Morgan fingerprint density at radius 3 is 0.879 bits per heavy atom. The molecule has 0 amide bonds. The molecule has 4 aromatic rings. The van der Waals surface area contributed by atoms with Crippen molar-refractivity contribution in [1.29, 1.82) is 89.5 Å². The van der Waals surface area contributed by atoms with E-state index in [1.807, 2.05) is 24.3 Å². The maximum Gasteiger partial charge on any atom is 0.573 e. The first-order valence-electron chi connectivity index (χ1n) is 33.4. The van der Waals surface area contributed by atoms with E-state index in [2.05, 4.69) is 82.1 Å². The first-order valence-corrected chi connectivity index (χ1v) is 33.4. The van der Waals surface area contributed by atoms with Crippen LogP contribution in [0.2, 0.25) is 0 Å². The van der Waals surface area contributed by atoms with Crippen LogP contribution in [-0.4, -0.2) is 12.7 Å². The largest absolute Gasteiger partial charge is 0.573 e. The summed E-state index contributed by atoms with van der Waals surface area (Å²) in [7, 11) is 0. The van der Waals surface area contributed by atoms with E-state index in [1.54, 1.807) is 48.6 Å². The number of rotatable bonds is 2. The molecular weight excluding hydrogens is 1710 g/mol. The second-order valence-corrected chi connectivity index (χ2v) is 24.5. The third-order valence-electron chi connectivity index (χ3n) is 18.9. The molecule has 0 aliphatic heterocycles. The SMILES string of the molecule is [C-]#[N+]C1=C(OC(F)(F)F)/C(=C(/C#N)[N+]#[C-])c2cc3c(cc21)/C(=C(/C#N)[N+]#[C-])C(OC(F)(F)F)=C3C#N.[C-]#[N+]C1=C([N+]#[C-])c2c(C#N)c3c(c(C#N)c2/C1=C(\C#N)[N+]#[C-])C(C#N)=C(C#N)/C3=C(\C#N)[N+]#[C-].[C-]#[N+]C1=C([N+]#[C-])c2c(F)c3c(c(F)c2/C1=C(\C#N)[N+]#[C-])C(C#N)=C(C#N)/C3=C(\C#N)[N+]#[C-].[C-]#[N+]C1=C([N+]#[C-])c2cc3c(cc2/C1=C(\C#N)[N+]#[C-])C(C#N)=C(C#N)/C3=C(\C#N)[N+]#[C-]. The Hall–Kier alpha value is -24.6. The highest BCUT2D eigenvalue weighted by Gasteiger charge is 2.49. The third-order valence-corrected chi connectivity index (χ3v) is 18.9. The van der Waals surface area contributed by atoms with Crippen LogP contribution < -0.4 is 0 Å². The third kappa shape index (κ3) is 13.7. The van der Waals surface area contributed by atoms with Gasteiger partial charge in [-0.25, -0.2) is 109 Å². The van der Waals surface area contributed by atoms with Gasteiger partial charge in [0.25, 0.3) is 45.6 Å². The number of nitrogens with zero attached hydrogens (tertiary/aromatic N) is 32. The predicted molar refractivity (Wildman–Crippen MR) is 423 cm³/mol. The zero-order chi connectivity index (χ0) is 97.9. The molecule has 4 aromatic carbocycles. The number of benzene rings is 4. The van der Waals surface area contributed by atoms with E-state index >= 15 is 8.78 Å². The van der Waals surface area contributed by atoms with Gasteiger partial charge in [0, 0.05) is 66.8 Å². The fourth-order valence-electron chi connectivity index (χ4n) is 14.3. The molecule has 0 atom stereocenters. The van der Waals surface area contributed by atoms with E-state index in [0.717, 1.165) is 12.1 Å². The van der Waals surface area contributed by atoms with Gasteiger partial charge in [0.1, 0.15) is 59.1 Å². The van der Waals surface area contributed by atoms with Crippen molar-refractivity contribution in [3.8, 4) is 103 Å². The smallest absolute Gasteiger partial charge is 0.418 e. The van der Waals surface area contributed by atoms with Gasteiger partial charge in [-0.2, -0.15) is 47.4 Å². The number of ether oxygens (including phenoxy) is 2. The minimum Gasteiger partial charge on any atom is -0.418 e. The molecule has 0 unspecified atom stereocenters. The lowest BCUT2D eigenvalue weighted by Crippen LogP contribution is -2.13. The highest BCUT2D eigenvalue weighted by Crippen LogP contribution is 2.60. The van der Waals surface area contributed by atoms with Crippen LogP contribution in [0.4, 0.5) is 35.1 Å². The summed E-state index contributed by atoms with van der Waals surface area (Å²) in [4.78, 5) is 46.5. The summed E-state index contributed by atoms with van der Waals surface area (Å²) in [6.45, 7) is 110. The molecule has 0 fully saturated rings. The molecule has 8 aliphatic rings. The Morgan fingerprint density at radius 1 is 0.227 bits per heavy atom. The van der Waals surface area contributed by atoms with Gasteiger partial charge >= 0.3 is 12.7 Å². The van der Waals surface area contributed by atoms with Gasteiger partial charge in [-0.1, -0.05) is 12.1 Å². The van der Waals surface area contributed by atoms with Crippen LogP contribution in [0.1, 0.15) is 100 Å². The van der Waals surface area contributed by atoms with Crippen molar-refractivity contribution in [1.82, 2.24) is 0 Å². The molecule has 34 nitrogen and oxygen atoms in total. The van der Waals surface area contributed by atoms with Crippen LogP contribution in [0.15, 0.2) is 115 Å². The zero-order valence-corrected chi connectivity index (χ0v) is 63.5. The second kappa shape index (κ2) is 35.9. The summed E-state index contributed by atoms with van der Waals surface area (Å²) in [6.07, 6.45) is -10.7. The molecule has 0 bridgehead atoms. The standard InChI is InChI=1S/C24N10.C22H2F6N6O2.C22F2N8.C22H2N8/c1-31-15(9-29)18-12(6-26)11(5-25)17-13(7-27)20-21(14(8-28)19(17)18)23(33-3)24(34-4)22(20)16(10-30)32-2;1-32-14(7-30)16-10-5-12-11(4-9(10)13(6-29)19(16)35-21(23,24)25)17(15(8-31)33-2)20(18(12)34-3)36-22(26,27)28;1-29-11(7-27)13-9(5-25)10(6-26)14-16(13)20(24)18-17(19(14)23)15(12(8-28)30-2)21(31-3)22(18)32-4;1-27-17(9-25)19-12-6-14-13(5-11(12)15(7-23)16(19)8-24)20(18(10-26)28-2)22(30-4)21(14)29-3/h;4-5H;;5-6H/b18-15-,22-16-;16-14+,17-15-;13-11-,15-12-;19-17+,20-18-. The lowest BCUT2D eigenvalue weighted by atomic mass is 9.84. The van der Waals surface area contributed by atoms with E-state index < -0.39 is 188 Å². The van der Waals surface area contributed by atoms with Gasteiger partial charge in [-0.05, 0) is 78.9 Å². The summed E-state index contributed by atoms with van der Waals surface area (Å²) < 4.78 is 118. The normalized spacial score (nSPS) is 16.1. The highest BCUT2D eigenvalue weighted by molar-refractivity contribution is 6.19. The number of halogens is 8. The predicted octanol–water partition coefficient (Wildman–Crippen LogP) is 18.9. The molecule has 0 heterocycles. The number of hydrogen-bond acceptors (Lipinski definition) is 19. The van der Waals surface area contributed by atoms with Crippen molar-refractivity contribution in [3.63, 3.8) is 0 Å². The molecule has 42 heteroatoms. The molecule has 0 aromatic heterocycles. The van der Waals surface area contributed by atoms with Gasteiger partial charge in [0.2, 0.25) is 22.8 Å². The molecular formula is C90H4F8N32O2. The van der Waals surface area contributed by atoms with Crippen molar-refractivity contribution < 1.29 is 44.6 Å². The number of hydrogen-bond donors (Lipinski definition) is 0. The molecule has 132 heavy (non-hydrogen) atoms. The van der Waals surface area contributed by atoms with Crippen molar-refractivity contribution in [3.05, 3.63) is 398 Å². The number of fused-ring (bicyclic) bond motifs is 8. The lowest BCUT2D eigenvalue weighted by Gasteiger charge is -2.16.